The van der Waals surface area contributed by atoms with Gasteiger partial charge >= 0.3 is 0 Å². The number of hydrogen-bond acceptors (Lipinski definition) is 3. The minimum absolute atomic E-state index is 0.437. The third-order valence-electron chi connectivity index (χ3n) is 2.48. The van der Waals surface area contributed by atoms with Gasteiger partial charge in [0.1, 0.15) is 0 Å². The van der Waals surface area contributed by atoms with Crippen molar-refractivity contribution in [2.24, 2.45) is 11.7 Å². The molecule has 2 N–H and O–H groups in total. The van der Waals surface area contributed by atoms with E-state index in [1.54, 1.807) is 0 Å². The molecular weight excluding hydrogens is 180 g/mol. The third-order valence-corrected chi connectivity index (χ3v) is 3.77. The smallest absolute Gasteiger partial charge is 0.0231 e. The van der Waals surface area contributed by atoms with Crippen molar-refractivity contribution in [2.45, 2.75) is 25.5 Å². The lowest BCUT2D eigenvalue weighted by Crippen LogP contribution is -2.45. The molecule has 78 valence electrons. The van der Waals surface area contributed by atoms with Gasteiger partial charge in [0.2, 0.25) is 0 Å². The summed E-state index contributed by atoms with van der Waals surface area (Å²) < 4.78 is 0.437. The largest absolute Gasteiger partial charge is 0.330 e. The molecule has 0 aromatic rings. The average molecular weight is 202 g/mol. The number of hydrogen-bond donors (Lipinski definition) is 1. The van der Waals surface area contributed by atoms with Crippen molar-refractivity contribution in [2.75, 3.05) is 31.9 Å². The van der Waals surface area contributed by atoms with Gasteiger partial charge in [0.25, 0.3) is 0 Å². The second kappa shape index (κ2) is 4.67. The fourth-order valence-corrected chi connectivity index (χ4v) is 2.96. The second-order valence-corrected chi connectivity index (χ2v) is 6.49. The Kier molecular flexibility index (Phi) is 4.07. The van der Waals surface area contributed by atoms with Gasteiger partial charge in [-0.25, -0.2) is 0 Å². The number of rotatable bonds is 3. The molecule has 1 rings (SSSR count). The zero-order chi connectivity index (χ0) is 9.90. The van der Waals surface area contributed by atoms with Gasteiger partial charge in [-0.3, -0.25) is 0 Å². The van der Waals surface area contributed by atoms with Crippen LogP contribution in [0.25, 0.3) is 0 Å². The van der Waals surface area contributed by atoms with Crippen molar-refractivity contribution in [3.63, 3.8) is 0 Å². The molecule has 0 bridgehead atoms. The van der Waals surface area contributed by atoms with E-state index in [0.717, 1.165) is 6.54 Å². The lowest BCUT2D eigenvalue weighted by Gasteiger charge is -2.38. The van der Waals surface area contributed by atoms with Crippen molar-refractivity contribution in [1.82, 2.24) is 4.90 Å². The Balaban J connectivity index is 2.34. The molecular formula is C10H22N2S. The molecule has 1 aliphatic heterocycles. The molecule has 13 heavy (non-hydrogen) atoms. The molecule has 0 radical (unpaired) electrons. The Morgan fingerprint density at radius 2 is 2.23 bits per heavy atom. The topological polar surface area (TPSA) is 29.3 Å². The zero-order valence-corrected chi connectivity index (χ0v) is 9.86. The van der Waals surface area contributed by atoms with Crippen LogP contribution in [-0.2, 0) is 0 Å². The van der Waals surface area contributed by atoms with Crippen LogP contribution in [0.15, 0.2) is 0 Å². The van der Waals surface area contributed by atoms with E-state index in [1.807, 2.05) is 0 Å². The predicted molar refractivity (Wildman–Crippen MR) is 61.2 cm³/mol. The summed E-state index contributed by atoms with van der Waals surface area (Å²) in [6.45, 7) is 11.3. The number of nitrogens with zero attached hydrogens (tertiary/aromatic N) is 1. The number of thioether (sulfide) groups is 1. The van der Waals surface area contributed by atoms with E-state index >= 15 is 0 Å². The second-order valence-electron chi connectivity index (χ2n) is 4.68. The van der Waals surface area contributed by atoms with E-state index in [0.29, 0.717) is 10.7 Å². The average Bonchev–Trinajstić information content (AvgIpc) is 2.02. The number of nitrogens with two attached hydrogens (primary N) is 1. The van der Waals surface area contributed by atoms with Crippen LogP contribution in [0, 0.1) is 5.92 Å². The minimum atomic E-state index is 0.437. The Hall–Kier alpha value is 0.270. The molecule has 3 heteroatoms. The van der Waals surface area contributed by atoms with Crippen molar-refractivity contribution in [1.29, 1.82) is 0 Å². The molecule has 0 spiro atoms. The summed E-state index contributed by atoms with van der Waals surface area (Å²) in [5, 5.41) is 0. The van der Waals surface area contributed by atoms with Crippen molar-refractivity contribution >= 4 is 11.8 Å². The highest BCUT2D eigenvalue weighted by Crippen LogP contribution is 2.29. The predicted octanol–water partition coefficient (Wildman–Crippen LogP) is 1.41. The first-order valence-electron chi connectivity index (χ1n) is 5.10. The van der Waals surface area contributed by atoms with Crippen molar-refractivity contribution < 1.29 is 0 Å². The van der Waals surface area contributed by atoms with E-state index in [2.05, 4.69) is 37.4 Å². The summed E-state index contributed by atoms with van der Waals surface area (Å²) in [6, 6.07) is 0. The highest BCUT2D eigenvalue weighted by atomic mass is 32.2. The van der Waals surface area contributed by atoms with Gasteiger partial charge < -0.3 is 10.6 Å². The van der Waals surface area contributed by atoms with E-state index in [-0.39, 0.29) is 0 Å². The quantitative estimate of drug-likeness (QED) is 0.750. The molecule has 0 amide bonds. The summed E-state index contributed by atoms with van der Waals surface area (Å²) >= 11 is 2.09. The summed E-state index contributed by atoms with van der Waals surface area (Å²) in [7, 11) is 0. The van der Waals surface area contributed by atoms with Crippen molar-refractivity contribution in [3.05, 3.63) is 0 Å². The fourth-order valence-electron chi connectivity index (χ4n) is 1.79. The van der Waals surface area contributed by atoms with Crippen molar-refractivity contribution in [3.8, 4) is 0 Å². The normalized spacial score (nSPS) is 25.8. The molecule has 0 saturated carbocycles. The summed E-state index contributed by atoms with van der Waals surface area (Å²) in [5.41, 5.74) is 5.62. The van der Waals surface area contributed by atoms with Crippen LogP contribution in [0.4, 0.5) is 0 Å². The maximum atomic E-state index is 5.62. The molecule has 0 aromatic carbocycles. The maximum Gasteiger partial charge on any atom is 0.0231 e. The van der Waals surface area contributed by atoms with E-state index in [9.17, 15) is 0 Å². The standard InChI is InChI=1S/C10H22N2S/c1-9(6-11)7-12-4-5-13-10(2,3)8-12/h9H,4-8,11H2,1-3H3. The first-order chi connectivity index (χ1) is 6.03. The monoisotopic (exact) mass is 202 g/mol. The van der Waals surface area contributed by atoms with Crippen LogP contribution in [0.2, 0.25) is 0 Å². The zero-order valence-electron chi connectivity index (χ0n) is 9.05. The first-order valence-corrected chi connectivity index (χ1v) is 6.08. The summed E-state index contributed by atoms with van der Waals surface area (Å²) in [6.07, 6.45) is 0. The highest BCUT2D eigenvalue weighted by Gasteiger charge is 2.27. The van der Waals surface area contributed by atoms with Crippen LogP contribution in [0.1, 0.15) is 20.8 Å². The molecule has 0 aromatic heterocycles. The van der Waals surface area contributed by atoms with Gasteiger partial charge in [0, 0.05) is 30.1 Å². The van der Waals surface area contributed by atoms with E-state index in [4.69, 9.17) is 5.73 Å². The highest BCUT2D eigenvalue weighted by molar-refractivity contribution is 8.00. The lowest BCUT2D eigenvalue weighted by atomic mass is 10.1. The molecule has 1 atom stereocenters. The van der Waals surface area contributed by atoms with E-state index < -0.39 is 0 Å². The van der Waals surface area contributed by atoms with Gasteiger partial charge in [0.15, 0.2) is 0 Å². The van der Waals surface area contributed by atoms with E-state index in [1.165, 1.54) is 25.4 Å². The minimum Gasteiger partial charge on any atom is -0.330 e. The Morgan fingerprint density at radius 1 is 1.54 bits per heavy atom. The molecule has 1 fully saturated rings. The van der Waals surface area contributed by atoms with Crippen LogP contribution >= 0.6 is 11.8 Å². The fraction of sp³-hybridized carbons (Fsp3) is 1.00. The molecule has 0 aliphatic carbocycles. The third kappa shape index (κ3) is 3.88. The van der Waals surface area contributed by atoms with Gasteiger partial charge in [-0.05, 0) is 26.3 Å². The Bertz CT molecular complexity index is 159. The molecule has 1 saturated heterocycles. The summed E-state index contributed by atoms with van der Waals surface area (Å²) in [5.74, 6) is 1.91. The maximum absolute atomic E-state index is 5.62. The molecule has 1 heterocycles. The summed E-state index contributed by atoms with van der Waals surface area (Å²) in [4.78, 5) is 2.55. The van der Waals surface area contributed by atoms with Gasteiger partial charge in [-0.15, -0.1) is 0 Å². The van der Waals surface area contributed by atoms with Crippen LogP contribution in [0.3, 0.4) is 0 Å². The van der Waals surface area contributed by atoms with Gasteiger partial charge in [-0.2, -0.15) is 11.8 Å². The molecule has 1 unspecified atom stereocenters. The Labute approximate surface area is 86.2 Å². The van der Waals surface area contributed by atoms with Crippen LogP contribution < -0.4 is 5.73 Å². The molecule has 2 nitrogen and oxygen atoms in total. The van der Waals surface area contributed by atoms with Gasteiger partial charge in [0.05, 0.1) is 0 Å². The first kappa shape index (κ1) is 11.3. The molecule has 1 aliphatic rings. The SMILES string of the molecule is CC(CN)CN1CCSC(C)(C)C1. The van der Waals surface area contributed by atoms with Crippen LogP contribution in [-0.4, -0.2) is 41.6 Å². The van der Waals surface area contributed by atoms with Gasteiger partial charge in [-0.1, -0.05) is 6.92 Å². The lowest BCUT2D eigenvalue weighted by molar-refractivity contribution is 0.229. The van der Waals surface area contributed by atoms with Crippen LogP contribution in [0.5, 0.6) is 0 Å². The Morgan fingerprint density at radius 3 is 2.77 bits per heavy atom.